The number of anilines is 2. The third-order valence-corrected chi connectivity index (χ3v) is 3.58. The van der Waals surface area contributed by atoms with E-state index in [1.54, 1.807) is 0 Å². The van der Waals surface area contributed by atoms with Gasteiger partial charge in [-0.3, -0.25) is 0 Å². The number of ether oxygens (including phenoxy) is 1. The molecule has 0 amide bonds. The van der Waals surface area contributed by atoms with Crippen LogP contribution in [-0.4, -0.2) is 22.1 Å². The lowest BCUT2D eigenvalue weighted by atomic mass is 9.90. The summed E-state index contributed by atoms with van der Waals surface area (Å²) in [6.07, 6.45) is 4.68. The molecule has 0 unspecified atom stereocenters. The predicted molar refractivity (Wildman–Crippen MR) is 77.8 cm³/mol. The van der Waals surface area contributed by atoms with Gasteiger partial charge in [-0.1, -0.05) is 12.1 Å². The number of nitrogens with one attached hydrogen (secondary N) is 1. The Morgan fingerprint density at radius 2 is 2.00 bits per heavy atom. The average molecular weight is 291 g/mol. The van der Waals surface area contributed by atoms with Crippen LogP contribution in [0.2, 0.25) is 5.28 Å². The Labute approximate surface area is 122 Å². The van der Waals surface area contributed by atoms with E-state index < -0.39 is 0 Å². The van der Waals surface area contributed by atoms with Gasteiger partial charge in [0.15, 0.2) is 0 Å². The van der Waals surface area contributed by atoms with Crippen LogP contribution in [0, 0.1) is 0 Å². The summed E-state index contributed by atoms with van der Waals surface area (Å²) in [6, 6.07) is 6.47. The molecule has 1 aromatic carbocycles. The van der Waals surface area contributed by atoms with E-state index in [0.717, 1.165) is 18.5 Å². The van der Waals surface area contributed by atoms with Crippen LogP contribution in [-0.2, 0) is 12.8 Å². The highest BCUT2D eigenvalue weighted by atomic mass is 35.5. The number of fused-ring (bicyclic) bond motifs is 1. The number of rotatable bonds is 3. The molecular formula is C14H15ClN4O. The van der Waals surface area contributed by atoms with Gasteiger partial charge >= 0.3 is 6.01 Å². The number of hydrogen-bond acceptors (Lipinski definition) is 5. The second kappa shape index (κ2) is 5.63. The number of halogens is 1. The second-order valence-electron chi connectivity index (χ2n) is 4.69. The second-order valence-corrected chi connectivity index (χ2v) is 5.03. The molecule has 6 heteroatoms. The molecule has 2 aromatic rings. The van der Waals surface area contributed by atoms with Crippen molar-refractivity contribution < 1.29 is 4.74 Å². The van der Waals surface area contributed by atoms with Crippen LogP contribution in [0.3, 0.4) is 0 Å². The quantitative estimate of drug-likeness (QED) is 0.941. The Morgan fingerprint density at radius 3 is 2.85 bits per heavy atom. The van der Waals surface area contributed by atoms with Crippen molar-refractivity contribution in [3.63, 3.8) is 0 Å². The SMILES string of the molecule is COc1nc(Cl)nc(Nc2cccc3c2CCCC3)n1. The first-order valence-corrected chi connectivity index (χ1v) is 6.97. The third kappa shape index (κ3) is 2.67. The number of methoxy groups -OCH3 is 1. The van der Waals surface area contributed by atoms with E-state index in [1.165, 1.54) is 31.1 Å². The van der Waals surface area contributed by atoms with Crippen LogP contribution in [0.1, 0.15) is 24.0 Å². The minimum Gasteiger partial charge on any atom is -0.467 e. The molecule has 1 aromatic heterocycles. The molecule has 0 spiro atoms. The van der Waals surface area contributed by atoms with Gasteiger partial charge in [0.2, 0.25) is 11.2 Å². The molecule has 0 saturated heterocycles. The number of benzene rings is 1. The van der Waals surface area contributed by atoms with Gasteiger partial charge in [-0.2, -0.15) is 15.0 Å². The Morgan fingerprint density at radius 1 is 1.15 bits per heavy atom. The van der Waals surface area contributed by atoms with Gasteiger partial charge in [0.25, 0.3) is 0 Å². The van der Waals surface area contributed by atoms with Crippen molar-refractivity contribution in [3.8, 4) is 6.01 Å². The van der Waals surface area contributed by atoms with Gasteiger partial charge in [0.05, 0.1) is 7.11 Å². The van der Waals surface area contributed by atoms with E-state index in [0.29, 0.717) is 5.95 Å². The van der Waals surface area contributed by atoms with Crippen LogP contribution in [0.25, 0.3) is 0 Å². The average Bonchev–Trinajstić information content (AvgIpc) is 2.47. The molecule has 0 bridgehead atoms. The number of hydrogen-bond donors (Lipinski definition) is 1. The molecule has 0 aliphatic heterocycles. The smallest absolute Gasteiger partial charge is 0.322 e. The van der Waals surface area contributed by atoms with Crippen LogP contribution in [0.4, 0.5) is 11.6 Å². The fourth-order valence-electron chi connectivity index (χ4n) is 2.50. The Balaban J connectivity index is 1.93. The molecule has 0 radical (unpaired) electrons. The zero-order chi connectivity index (χ0) is 13.9. The van der Waals surface area contributed by atoms with Crippen molar-refractivity contribution >= 4 is 23.2 Å². The minimum absolute atomic E-state index is 0.115. The maximum atomic E-state index is 5.86. The molecule has 5 nitrogen and oxygen atoms in total. The summed E-state index contributed by atoms with van der Waals surface area (Å²) < 4.78 is 5.00. The molecule has 0 atom stereocenters. The van der Waals surface area contributed by atoms with Crippen molar-refractivity contribution in [1.29, 1.82) is 0 Å². The van der Waals surface area contributed by atoms with Crippen molar-refractivity contribution in [2.45, 2.75) is 25.7 Å². The molecule has 104 valence electrons. The molecule has 20 heavy (non-hydrogen) atoms. The molecule has 3 rings (SSSR count). The molecular weight excluding hydrogens is 276 g/mol. The summed E-state index contributed by atoms with van der Waals surface area (Å²) in [5.41, 5.74) is 3.77. The minimum atomic E-state index is 0.115. The lowest BCUT2D eigenvalue weighted by Crippen LogP contribution is -2.08. The predicted octanol–water partition coefficient (Wildman–Crippen LogP) is 3.16. The molecule has 1 aliphatic rings. The Kier molecular flexibility index (Phi) is 3.69. The van der Waals surface area contributed by atoms with Gasteiger partial charge < -0.3 is 10.1 Å². The summed E-state index contributed by atoms with van der Waals surface area (Å²) in [7, 11) is 1.50. The summed E-state index contributed by atoms with van der Waals surface area (Å²) in [5, 5.41) is 3.34. The summed E-state index contributed by atoms with van der Waals surface area (Å²) in [4.78, 5) is 12.1. The van der Waals surface area contributed by atoms with E-state index in [9.17, 15) is 0 Å². The highest BCUT2D eigenvalue weighted by Gasteiger charge is 2.14. The van der Waals surface area contributed by atoms with Crippen LogP contribution < -0.4 is 10.1 Å². The highest BCUT2D eigenvalue weighted by Crippen LogP contribution is 2.29. The molecule has 1 N–H and O–H groups in total. The number of aromatic nitrogens is 3. The standard InChI is InChI=1S/C14H15ClN4O/c1-20-14-18-12(15)17-13(19-14)16-11-8-4-6-9-5-2-3-7-10(9)11/h4,6,8H,2-3,5,7H2,1H3,(H,16,17,18,19). The van der Waals surface area contributed by atoms with E-state index in [2.05, 4.69) is 26.3 Å². The largest absolute Gasteiger partial charge is 0.467 e. The molecule has 0 saturated carbocycles. The van der Waals surface area contributed by atoms with E-state index in [4.69, 9.17) is 16.3 Å². The van der Waals surface area contributed by atoms with Crippen molar-refractivity contribution in [1.82, 2.24) is 15.0 Å². The van der Waals surface area contributed by atoms with E-state index in [-0.39, 0.29) is 11.3 Å². The lowest BCUT2D eigenvalue weighted by Gasteiger charge is -2.19. The first-order valence-electron chi connectivity index (χ1n) is 6.59. The molecule has 1 aliphatic carbocycles. The molecule has 1 heterocycles. The highest BCUT2D eigenvalue weighted by molar-refractivity contribution is 6.28. The first kappa shape index (κ1) is 13.1. The maximum absolute atomic E-state index is 5.86. The van der Waals surface area contributed by atoms with Crippen molar-refractivity contribution in [2.75, 3.05) is 12.4 Å². The van der Waals surface area contributed by atoms with Crippen LogP contribution in [0.5, 0.6) is 6.01 Å². The fraction of sp³-hybridized carbons (Fsp3) is 0.357. The number of nitrogens with zero attached hydrogens (tertiary/aromatic N) is 3. The third-order valence-electron chi connectivity index (χ3n) is 3.41. The lowest BCUT2D eigenvalue weighted by molar-refractivity contribution is 0.379. The van der Waals surface area contributed by atoms with Gasteiger partial charge in [0.1, 0.15) is 0 Å². The number of aryl methyl sites for hydroxylation is 1. The monoisotopic (exact) mass is 290 g/mol. The maximum Gasteiger partial charge on any atom is 0.322 e. The van der Waals surface area contributed by atoms with E-state index >= 15 is 0 Å². The Hall–Kier alpha value is -1.88. The van der Waals surface area contributed by atoms with Crippen LogP contribution >= 0.6 is 11.6 Å². The topological polar surface area (TPSA) is 59.9 Å². The summed E-state index contributed by atoms with van der Waals surface area (Å²) in [6.45, 7) is 0. The summed E-state index contributed by atoms with van der Waals surface area (Å²) in [5.74, 6) is 0.404. The van der Waals surface area contributed by atoms with Gasteiger partial charge in [-0.25, -0.2) is 0 Å². The zero-order valence-electron chi connectivity index (χ0n) is 11.2. The summed E-state index contributed by atoms with van der Waals surface area (Å²) >= 11 is 5.86. The fourth-order valence-corrected chi connectivity index (χ4v) is 2.65. The van der Waals surface area contributed by atoms with Crippen molar-refractivity contribution in [3.05, 3.63) is 34.6 Å². The normalized spacial score (nSPS) is 13.7. The van der Waals surface area contributed by atoms with E-state index in [1.807, 2.05) is 12.1 Å². The van der Waals surface area contributed by atoms with Gasteiger partial charge in [-0.15, -0.1) is 0 Å². The zero-order valence-corrected chi connectivity index (χ0v) is 11.9. The van der Waals surface area contributed by atoms with Crippen molar-refractivity contribution in [2.24, 2.45) is 0 Å². The van der Waals surface area contributed by atoms with Gasteiger partial charge in [-0.05, 0) is 54.5 Å². The molecule has 0 fully saturated rings. The van der Waals surface area contributed by atoms with Gasteiger partial charge in [0, 0.05) is 5.69 Å². The first-order chi connectivity index (χ1) is 9.76. The Bertz CT molecular complexity index is 633. The van der Waals surface area contributed by atoms with Crippen LogP contribution in [0.15, 0.2) is 18.2 Å².